The number of halogens is 1. The van der Waals surface area contributed by atoms with Gasteiger partial charge in [0.05, 0.1) is 22.5 Å². The Morgan fingerprint density at radius 3 is 2.78 bits per heavy atom. The number of aromatic nitrogens is 2. The molecular formula is C14H17ClN2O. The lowest BCUT2D eigenvalue weighted by molar-refractivity contribution is 0.00658. The molecule has 1 aromatic carbocycles. The normalized spacial score (nSPS) is 25.1. The minimum absolute atomic E-state index is 0.0704. The Morgan fingerprint density at radius 1 is 1.39 bits per heavy atom. The Hall–Kier alpha value is -1.06. The number of para-hydroxylation sites is 2. The van der Waals surface area contributed by atoms with Crippen LogP contribution in [0, 0.1) is 0 Å². The van der Waals surface area contributed by atoms with E-state index in [4.69, 9.17) is 16.3 Å². The van der Waals surface area contributed by atoms with E-state index < -0.39 is 0 Å². The number of ether oxygens (including phenoxy) is 1. The fourth-order valence-corrected chi connectivity index (χ4v) is 2.82. The molecule has 3 nitrogen and oxygen atoms in total. The van der Waals surface area contributed by atoms with Crippen molar-refractivity contribution in [3.05, 3.63) is 30.1 Å². The molecule has 1 atom stereocenters. The van der Waals surface area contributed by atoms with Crippen LogP contribution in [0.2, 0.25) is 0 Å². The molecule has 0 radical (unpaired) electrons. The molecule has 0 bridgehead atoms. The van der Waals surface area contributed by atoms with Crippen LogP contribution in [0.1, 0.15) is 37.0 Å². The molecule has 3 rings (SSSR count). The SMILES string of the molecule is COC1CC(n2c(C(C)Cl)nc3ccccc32)C1. The number of rotatable bonds is 3. The lowest BCUT2D eigenvalue weighted by atomic mass is 9.88. The third-order valence-corrected chi connectivity index (χ3v) is 3.94. The van der Waals surface area contributed by atoms with Crippen molar-refractivity contribution in [1.29, 1.82) is 0 Å². The summed E-state index contributed by atoms with van der Waals surface area (Å²) >= 11 is 6.26. The third kappa shape index (κ3) is 1.82. The van der Waals surface area contributed by atoms with Gasteiger partial charge in [0.25, 0.3) is 0 Å². The van der Waals surface area contributed by atoms with Gasteiger partial charge in [-0.1, -0.05) is 12.1 Å². The maximum absolute atomic E-state index is 6.26. The monoisotopic (exact) mass is 264 g/mol. The van der Waals surface area contributed by atoms with E-state index in [0.717, 1.165) is 24.2 Å². The van der Waals surface area contributed by atoms with Crippen LogP contribution >= 0.6 is 11.6 Å². The highest BCUT2D eigenvalue weighted by molar-refractivity contribution is 6.20. The van der Waals surface area contributed by atoms with Gasteiger partial charge < -0.3 is 9.30 Å². The predicted molar refractivity (Wildman–Crippen MR) is 73.1 cm³/mol. The van der Waals surface area contributed by atoms with Crippen molar-refractivity contribution in [2.24, 2.45) is 0 Å². The first-order valence-electron chi connectivity index (χ1n) is 6.34. The van der Waals surface area contributed by atoms with Crippen LogP contribution in [0.4, 0.5) is 0 Å². The predicted octanol–water partition coefficient (Wildman–Crippen LogP) is 3.69. The van der Waals surface area contributed by atoms with Crippen molar-refractivity contribution >= 4 is 22.6 Å². The summed E-state index contributed by atoms with van der Waals surface area (Å²) < 4.78 is 7.65. The maximum atomic E-state index is 6.26. The fraction of sp³-hybridized carbons (Fsp3) is 0.500. The van der Waals surface area contributed by atoms with Crippen LogP contribution in [0.15, 0.2) is 24.3 Å². The second kappa shape index (κ2) is 4.56. The van der Waals surface area contributed by atoms with Crippen molar-refractivity contribution in [1.82, 2.24) is 9.55 Å². The van der Waals surface area contributed by atoms with Crippen LogP contribution < -0.4 is 0 Å². The highest BCUT2D eigenvalue weighted by Gasteiger charge is 2.33. The van der Waals surface area contributed by atoms with Crippen LogP contribution in [0.5, 0.6) is 0 Å². The van der Waals surface area contributed by atoms with Crippen LogP contribution in [0.25, 0.3) is 11.0 Å². The maximum Gasteiger partial charge on any atom is 0.127 e. The summed E-state index contributed by atoms with van der Waals surface area (Å²) in [5.74, 6) is 0.970. The molecule has 0 spiro atoms. The third-order valence-electron chi connectivity index (χ3n) is 3.75. The van der Waals surface area contributed by atoms with Gasteiger partial charge >= 0.3 is 0 Å². The summed E-state index contributed by atoms with van der Waals surface area (Å²) in [6.45, 7) is 1.98. The van der Waals surface area contributed by atoms with E-state index in [1.165, 1.54) is 5.52 Å². The molecule has 0 amide bonds. The molecule has 0 N–H and O–H groups in total. The smallest absolute Gasteiger partial charge is 0.127 e. The second-order valence-corrected chi connectivity index (χ2v) is 5.58. The molecule has 1 aromatic heterocycles. The first kappa shape index (κ1) is 12.0. The topological polar surface area (TPSA) is 27.1 Å². The molecule has 1 aliphatic rings. The number of methoxy groups -OCH3 is 1. The van der Waals surface area contributed by atoms with Gasteiger partial charge in [0.2, 0.25) is 0 Å². The molecule has 1 aliphatic carbocycles. The van der Waals surface area contributed by atoms with E-state index in [9.17, 15) is 0 Å². The molecule has 18 heavy (non-hydrogen) atoms. The average molecular weight is 265 g/mol. The van der Waals surface area contributed by atoms with E-state index in [1.54, 1.807) is 7.11 Å². The van der Waals surface area contributed by atoms with Crippen LogP contribution in [0.3, 0.4) is 0 Å². The summed E-state index contributed by atoms with van der Waals surface area (Å²) in [4.78, 5) is 4.66. The zero-order valence-corrected chi connectivity index (χ0v) is 11.4. The van der Waals surface area contributed by atoms with E-state index in [0.29, 0.717) is 12.1 Å². The van der Waals surface area contributed by atoms with E-state index in [1.807, 2.05) is 19.1 Å². The van der Waals surface area contributed by atoms with Gasteiger partial charge in [-0.2, -0.15) is 0 Å². The highest BCUT2D eigenvalue weighted by atomic mass is 35.5. The standard InChI is InChI=1S/C14H17ClN2O/c1-9(15)14-16-12-5-3-4-6-13(12)17(14)10-7-11(8-10)18-2/h3-6,9-11H,7-8H2,1-2H3. The van der Waals surface area contributed by atoms with Crippen molar-refractivity contribution in [2.75, 3.05) is 7.11 Å². The second-order valence-electron chi connectivity index (χ2n) is 4.93. The number of nitrogens with zero attached hydrogens (tertiary/aromatic N) is 2. The van der Waals surface area contributed by atoms with Gasteiger partial charge in [0.1, 0.15) is 5.82 Å². The summed E-state index contributed by atoms with van der Waals surface area (Å²) in [7, 11) is 1.78. The molecular weight excluding hydrogens is 248 g/mol. The van der Waals surface area contributed by atoms with E-state index >= 15 is 0 Å². The summed E-state index contributed by atoms with van der Waals surface area (Å²) in [5, 5.41) is -0.0704. The van der Waals surface area contributed by atoms with Gasteiger partial charge in [-0.05, 0) is 31.9 Å². The molecule has 1 unspecified atom stereocenters. The Labute approximate surface area is 112 Å². The minimum Gasteiger partial charge on any atom is -0.381 e. The highest BCUT2D eigenvalue weighted by Crippen LogP contribution is 2.39. The van der Waals surface area contributed by atoms with Gasteiger partial charge in [0, 0.05) is 13.2 Å². The average Bonchev–Trinajstić information content (AvgIpc) is 2.68. The number of hydrogen-bond donors (Lipinski definition) is 0. The van der Waals surface area contributed by atoms with Crippen LogP contribution in [-0.2, 0) is 4.74 Å². The molecule has 1 heterocycles. The van der Waals surface area contributed by atoms with Gasteiger partial charge in [0.15, 0.2) is 0 Å². The molecule has 2 aromatic rings. The lowest BCUT2D eigenvalue weighted by Gasteiger charge is -2.36. The van der Waals surface area contributed by atoms with Crippen molar-refractivity contribution in [2.45, 2.75) is 37.3 Å². The first-order valence-corrected chi connectivity index (χ1v) is 6.78. The molecule has 1 fully saturated rings. The lowest BCUT2D eigenvalue weighted by Crippen LogP contribution is -2.33. The Bertz CT molecular complexity index is 558. The number of benzene rings is 1. The number of fused-ring (bicyclic) bond motifs is 1. The van der Waals surface area contributed by atoms with Crippen molar-refractivity contribution in [3.63, 3.8) is 0 Å². The molecule has 0 aliphatic heterocycles. The Kier molecular flexibility index (Phi) is 3.04. The summed E-state index contributed by atoms with van der Waals surface area (Å²) in [6.07, 6.45) is 2.48. The number of imidazole rings is 1. The van der Waals surface area contributed by atoms with Crippen molar-refractivity contribution in [3.8, 4) is 0 Å². The molecule has 4 heteroatoms. The Balaban J connectivity index is 2.05. The quantitative estimate of drug-likeness (QED) is 0.791. The van der Waals surface area contributed by atoms with Crippen LogP contribution in [-0.4, -0.2) is 22.8 Å². The first-order chi connectivity index (χ1) is 8.70. The fourth-order valence-electron chi connectivity index (χ4n) is 2.67. The minimum atomic E-state index is -0.0704. The van der Waals surface area contributed by atoms with Gasteiger partial charge in [-0.15, -0.1) is 11.6 Å². The molecule has 1 saturated carbocycles. The summed E-state index contributed by atoms with van der Waals surface area (Å²) in [5.41, 5.74) is 2.21. The van der Waals surface area contributed by atoms with Gasteiger partial charge in [-0.25, -0.2) is 4.98 Å². The van der Waals surface area contributed by atoms with Gasteiger partial charge in [-0.3, -0.25) is 0 Å². The number of hydrogen-bond acceptors (Lipinski definition) is 2. The zero-order chi connectivity index (χ0) is 12.7. The molecule has 96 valence electrons. The zero-order valence-electron chi connectivity index (χ0n) is 10.6. The largest absolute Gasteiger partial charge is 0.381 e. The summed E-state index contributed by atoms with van der Waals surface area (Å²) in [6, 6.07) is 8.70. The van der Waals surface area contributed by atoms with E-state index in [2.05, 4.69) is 21.7 Å². The Morgan fingerprint density at radius 2 is 2.11 bits per heavy atom. The number of alkyl halides is 1. The van der Waals surface area contributed by atoms with E-state index in [-0.39, 0.29) is 5.38 Å². The van der Waals surface area contributed by atoms with Crippen molar-refractivity contribution < 1.29 is 4.74 Å². The molecule has 0 saturated heterocycles.